The first-order valence-electron chi connectivity index (χ1n) is 9.16. The van der Waals surface area contributed by atoms with E-state index in [9.17, 15) is 4.79 Å². The Morgan fingerprint density at radius 1 is 1.25 bits per heavy atom. The van der Waals surface area contributed by atoms with E-state index in [4.69, 9.17) is 9.47 Å². The lowest BCUT2D eigenvalue weighted by Crippen LogP contribution is -2.44. The van der Waals surface area contributed by atoms with Gasteiger partial charge in [0.05, 0.1) is 24.9 Å². The Balaban J connectivity index is 1.55. The van der Waals surface area contributed by atoms with Gasteiger partial charge in [0.1, 0.15) is 5.75 Å². The quantitative estimate of drug-likeness (QED) is 0.924. The summed E-state index contributed by atoms with van der Waals surface area (Å²) in [7, 11) is 1.66. The van der Waals surface area contributed by atoms with Gasteiger partial charge in [-0.2, -0.15) is 0 Å². The standard InChI is InChI=1S/C19H26N2O3/c1-23-17-10-9-13-5-2-6-14(13)18(17)20-19(22)21-11-3-7-15(21)16-8-4-12-24-16/h9-10,15-16H,2-8,11-12H2,1H3,(H,20,22)/t15-,16+/m1/s1. The van der Waals surface area contributed by atoms with Crippen LogP contribution in [-0.2, 0) is 17.6 Å². The smallest absolute Gasteiger partial charge is 0.322 e. The molecule has 0 saturated carbocycles. The van der Waals surface area contributed by atoms with Crippen LogP contribution in [0.3, 0.4) is 0 Å². The monoisotopic (exact) mass is 330 g/mol. The molecule has 2 heterocycles. The fourth-order valence-corrected chi connectivity index (χ4v) is 4.47. The molecule has 1 N–H and O–H groups in total. The van der Waals surface area contributed by atoms with Gasteiger partial charge in [0, 0.05) is 13.2 Å². The Labute approximate surface area is 143 Å². The first-order chi connectivity index (χ1) is 11.8. The molecule has 1 aromatic rings. The number of urea groups is 1. The number of hydrogen-bond acceptors (Lipinski definition) is 3. The molecular formula is C19H26N2O3. The van der Waals surface area contributed by atoms with Crippen LogP contribution in [0.5, 0.6) is 5.75 Å². The number of methoxy groups -OCH3 is 1. The number of amides is 2. The third kappa shape index (κ3) is 2.75. The van der Waals surface area contributed by atoms with Crippen molar-refractivity contribution in [2.75, 3.05) is 25.6 Å². The number of nitrogens with zero attached hydrogens (tertiary/aromatic N) is 1. The van der Waals surface area contributed by atoms with Crippen molar-refractivity contribution in [1.29, 1.82) is 0 Å². The lowest BCUT2D eigenvalue weighted by molar-refractivity contribution is 0.0543. The number of carbonyl (C=O) groups excluding carboxylic acids is 1. The van der Waals surface area contributed by atoms with Gasteiger partial charge in [0.15, 0.2) is 0 Å². The van der Waals surface area contributed by atoms with Crippen LogP contribution >= 0.6 is 0 Å². The van der Waals surface area contributed by atoms with Crippen molar-refractivity contribution in [3.05, 3.63) is 23.3 Å². The molecule has 0 spiro atoms. The number of benzene rings is 1. The number of fused-ring (bicyclic) bond motifs is 1. The molecule has 3 aliphatic rings. The molecule has 2 aliphatic heterocycles. The van der Waals surface area contributed by atoms with E-state index in [0.29, 0.717) is 0 Å². The van der Waals surface area contributed by atoms with Crippen molar-refractivity contribution in [2.24, 2.45) is 0 Å². The van der Waals surface area contributed by atoms with Crippen molar-refractivity contribution in [3.63, 3.8) is 0 Å². The zero-order valence-electron chi connectivity index (χ0n) is 14.3. The topological polar surface area (TPSA) is 50.8 Å². The molecule has 2 amide bonds. The number of nitrogens with one attached hydrogen (secondary N) is 1. The van der Waals surface area contributed by atoms with Gasteiger partial charge in [-0.05, 0) is 62.1 Å². The van der Waals surface area contributed by atoms with Crippen LogP contribution in [0.1, 0.15) is 43.2 Å². The Hall–Kier alpha value is -1.75. The average molecular weight is 330 g/mol. The van der Waals surface area contributed by atoms with E-state index in [-0.39, 0.29) is 18.2 Å². The maximum absolute atomic E-state index is 13.0. The van der Waals surface area contributed by atoms with E-state index < -0.39 is 0 Å². The molecule has 0 bridgehead atoms. The van der Waals surface area contributed by atoms with Crippen LogP contribution in [0.4, 0.5) is 10.5 Å². The molecule has 5 nitrogen and oxygen atoms in total. The van der Waals surface area contributed by atoms with E-state index in [0.717, 1.165) is 69.5 Å². The predicted octanol–water partition coefficient (Wildman–Crippen LogP) is 3.36. The summed E-state index contributed by atoms with van der Waals surface area (Å²) in [6.07, 6.45) is 7.73. The van der Waals surface area contributed by atoms with E-state index >= 15 is 0 Å². The maximum Gasteiger partial charge on any atom is 0.322 e. The first-order valence-corrected chi connectivity index (χ1v) is 9.16. The minimum atomic E-state index is -0.00778. The predicted molar refractivity (Wildman–Crippen MR) is 92.7 cm³/mol. The van der Waals surface area contributed by atoms with E-state index in [1.165, 1.54) is 11.1 Å². The summed E-state index contributed by atoms with van der Waals surface area (Å²) in [5.74, 6) is 0.761. The number of hydrogen-bond donors (Lipinski definition) is 1. The molecule has 1 aliphatic carbocycles. The van der Waals surface area contributed by atoms with Crippen molar-refractivity contribution >= 4 is 11.7 Å². The third-order valence-electron chi connectivity index (χ3n) is 5.65. The van der Waals surface area contributed by atoms with Gasteiger partial charge in [0.25, 0.3) is 0 Å². The number of carbonyl (C=O) groups is 1. The highest BCUT2D eigenvalue weighted by molar-refractivity contribution is 5.93. The van der Waals surface area contributed by atoms with Crippen LogP contribution in [-0.4, -0.2) is 43.3 Å². The highest BCUT2D eigenvalue weighted by Gasteiger charge is 2.37. The Morgan fingerprint density at radius 2 is 2.17 bits per heavy atom. The van der Waals surface area contributed by atoms with Gasteiger partial charge >= 0.3 is 6.03 Å². The largest absolute Gasteiger partial charge is 0.495 e. The summed E-state index contributed by atoms with van der Waals surface area (Å²) in [5.41, 5.74) is 3.45. The highest BCUT2D eigenvalue weighted by Crippen LogP contribution is 2.37. The first kappa shape index (κ1) is 15.8. The molecule has 1 aromatic carbocycles. The fourth-order valence-electron chi connectivity index (χ4n) is 4.47. The van der Waals surface area contributed by atoms with Gasteiger partial charge in [-0.3, -0.25) is 0 Å². The normalized spacial score (nSPS) is 25.8. The zero-order chi connectivity index (χ0) is 16.5. The number of anilines is 1. The van der Waals surface area contributed by atoms with Gasteiger partial charge in [-0.1, -0.05) is 6.07 Å². The molecular weight excluding hydrogens is 304 g/mol. The second kappa shape index (κ2) is 6.63. The highest BCUT2D eigenvalue weighted by atomic mass is 16.5. The Morgan fingerprint density at radius 3 is 2.96 bits per heavy atom. The van der Waals surface area contributed by atoms with Crippen LogP contribution in [0.25, 0.3) is 0 Å². The lowest BCUT2D eigenvalue weighted by atomic mass is 10.1. The maximum atomic E-state index is 13.0. The molecule has 2 fully saturated rings. The zero-order valence-corrected chi connectivity index (χ0v) is 14.3. The number of aryl methyl sites for hydroxylation is 1. The molecule has 130 valence electrons. The van der Waals surface area contributed by atoms with E-state index in [1.54, 1.807) is 7.11 Å². The molecule has 24 heavy (non-hydrogen) atoms. The van der Waals surface area contributed by atoms with E-state index in [2.05, 4.69) is 11.4 Å². The molecule has 4 rings (SSSR count). The SMILES string of the molecule is COc1ccc2c(c1NC(=O)N1CCC[C@@H]1[C@@H]1CCCO1)CCC2. The van der Waals surface area contributed by atoms with Crippen LogP contribution in [0.2, 0.25) is 0 Å². The molecule has 2 saturated heterocycles. The summed E-state index contributed by atoms with van der Waals surface area (Å²) in [5, 5.41) is 3.16. The summed E-state index contributed by atoms with van der Waals surface area (Å²) in [6, 6.07) is 4.31. The second-order valence-corrected chi connectivity index (χ2v) is 7.02. The number of likely N-dealkylation sites (tertiary alicyclic amines) is 1. The Bertz CT molecular complexity index is 625. The summed E-state index contributed by atoms with van der Waals surface area (Å²) in [4.78, 5) is 14.9. The van der Waals surface area contributed by atoms with Gasteiger partial charge in [0.2, 0.25) is 0 Å². The summed E-state index contributed by atoms with van der Waals surface area (Å²) >= 11 is 0. The molecule has 0 unspecified atom stereocenters. The van der Waals surface area contributed by atoms with Crippen LogP contribution in [0.15, 0.2) is 12.1 Å². The molecule has 0 aromatic heterocycles. The second-order valence-electron chi connectivity index (χ2n) is 7.02. The van der Waals surface area contributed by atoms with Crippen molar-refractivity contribution in [3.8, 4) is 5.75 Å². The van der Waals surface area contributed by atoms with Gasteiger partial charge in [-0.25, -0.2) is 4.79 Å². The van der Waals surface area contributed by atoms with Gasteiger partial charge < -0.3 is 19.7 Å². The summed E-state index contributed by atoms with van der Waals surface area (Å²) in [6.45, 7) is 1.64. The minimum absolute atomic E-state index is 0.00778. The Kier molecular flexibility index (Phi) is 4.35. The molecule has 2 atom stereocenters. The van der Waals surface area contributed by atoms with Crippen LogP contribution < -0.4 is 10.1 Å². The third-order valence-corrected chi connectivity index (χ3v) is 5.65. The van der Waals surface area contributed by atoms with E-state index in [1.807, 2.05) is 11.0 Å². The molecule has 0 radical (unpaired) electrons. The average Bonchev–Trinajstić information content (AvgIpc) is 3.33. The lowest BCUT2D eigenvalue weighted by Gasteiger charge is -2.29. The fraction of sp³-hybridized carbons (Fsp3) is 0.632. The van der Waals surface area contributed by atoms with Gasteiger partial charge in [-0.15, -0.1) is 0 Å². The summed E-state index contributed by atoms with van der Waals surface area (Å²) < 4.78 is 11.3. The minimum Gasteiger partial charge on any atom is -0.495 e. The van der Waals surface area contributed by atoms with Crippen LogP contribution in [0, 0.1) is 0 Å². The van der Waals surface area contributed by atoms with Crippen molar-refractivity contribution in [2.45, 2.75) is 57.1 Å². The van der Waals surface area contributed by atoms with Crippen molar-refractivity contribution in [1.82, 2.24) is 4.90 Å². The molecule has 5 heteroatoms. The number of ether oxygens (including phenoxy) is 2. The van der Waals surface area contributed by atoms with Crippen molar-refractivity contribution < 1.29 is 14.3 Å². The number of rotatable bonds is 3.